The van der Waals surface area contributed by atoms with Crippen LogP contribution in [0.2, 0.25) is 0 Å². The van der Waals surface area contributed by atoms with E-state index in [9.17, 15) is 0 Å². The van der Waals surface area contributed by atoms with Crippen molar-refractivity contribution in [3.05, 3.63) is 218 Å². The van der Waals surface area contributed by atoms with E-state index in [1.165, 1.54) is 125 Å². The summed E-state index contributed by atoms with van der Waals surface area (Å²) in [6.07, 6.45) is 0. The fourth-order valence-electron chi connectivity index (χ4n) is 9.91. The van der Waals surface area contributed by atoms with Gasteiger partial charge in [-0.15, -0.1) is 0 Å². The lowest BCUT2D eigenvalue weighted by molar-refractivity contribution is 1.58. The molecule has 0 aliphatic rings. The highest BCUT2D eigenvalue weighted by molar-refractivity contribution is 6.22. The molecule has 0 radical (unpaired) electrons. The Kier molecular flexibility index (Phi) is 7.55. The molecule has 0 unspecified atom stereocenters. The summed E-state index contributed by atoms with van der Waals surface area (Å²) < 4.78 is 0. The van der Waals surface area contributed by atoms with E-state index in [2.05, 4.69) is 219 Å². The Morgan fingerprint density at radius 3 is 0.814 bits per heavy atom. The Labute approximate surface area is 343 Å². The quantitative estimate of drug-likeness (QED) is 0.157. The maximum atomic E-state index is 2.39. The SMILES string of the molecule is Cc1c2ccccc2c(-c2ccc3cc(-c4c5ccccc5c(-c5ccc6cc(-c7ccc8ccccc8c7)ccc6c5)c5ccccc45)ccc3c2)c2ccccc12. The fourth-order valence-corrected chi connectivity index (χ4v) is 9.91. The lowest BCUT2D eigenvalue weighted by Crippen LogP contribution is -1.91. The molecule has 0 aliphatic heterocycles. The van der Waals surface area contributed by atoms with E-state index in [4.69, 9.17) is 0 Å². The molecule has 12 aromatic rings. The van der Waals surface area contributed by atoms with Crippen molar-refractivity contribution in [1.29, 1.82) is 0 Å². The van der Waals surface area contributed by atoms with Crippen LogP contribution in [0.5, 0.6) is 0 Å². The summed E-state index contributed by atoms with van der Waals surface area (Å²) in [5.41, 5.74) is 11.4. The number of rotatable bonds is 4. The Morgan fingerprint density at radius 1 is 0.203 bits per heavy atom. The summed E-state index contributed by atoms with van der Waals surface area (Å²) in [5.74, 6) is 0. The van der Waals surface area contributed by atoms with E-state index in [0.29, 0.717) is 0 Å². The van der Waals surface area contributed by atoms with Crippen molar-refractivity contribution in [3.63, 3.8) is 0 Å². The molecule has 0 aromatic heterocycles. The van der Waals surface area contributed by atoms with Crippen LogP contribution >= 0.6 is 0 Å². The van der Waals surface area contributed by atoms with Gasteiger partial charge >= 0.3 is 0 Å². The molecular formula is C59H38. The van der Waals surface area contributed by atoms with Crippen molar-refractivity contribution in [1.82, 2.24) is 0 Å². The minimum atomic E-state index is 1.23. The molecule has 0 aliphatic carbocycles. The van der Waals surface area contributed by atoms with Gasteiger partial charge in [0.15, 0.2) is 0 Å². The summed E-state index contributed by atoms with van der Waals surface area (Å²) in [6.45, 7) is 2.25. The maximum absolute atomic E-state index is 2.39. The van der Waals surface area contributed by atoms with E-state index < -0.39 is 0 Å². The third-order valence-corrected chi connectivity index (χ3v) is 12.8. The predicted molar refractivity (Wildman–Crippen MR) is 255 cm³/mol. The first-order valence-corrected chi connectivity index (χ1v) is 20.6. The molecule has 0 spiro atoms. The lowest BCUT2D eigenvalue weighted by Gasteiger charge is -2.19. The van der Waals surface area contributed by atoms with E-state index in [1.54, 1.807) is 0 Å². The average Bonchev–Trinajstić information content (AvgIpc) is 3.30. The standard InChI is InChI=1S/C59H38/c1-37-49-14-4-6-16-51(49)57(52-17-7-5-15-50(37)52)46-30-27-45-36-48(31-28-44(45)35-46)59-55-20-10-8-18-53(55)58(54-19-9-11-21-56(54)59)47-29-26-42-33-41(24-25-43(42)34-47)40-23-22-38-12-2-3-13-39(38)32-40/h2-36H,1H3. The monoisotopic (exact) mass is 746 g/mol. The van der Waals surface area contributed by atoms with Crippen LogP contribution in [0.1, 0.15) is 5.56 Å². The van der Waals surface area contributed by atoms with Gasteiger partial charge in [-0.3, -0.25) is 0 Å². The maximum Gasteiger partial charge on any atom is -0.00262 e. The zero-order chi connectivity index (χ0) is 39.0. The van der Waals surface area contributed by atoms with Gasteiger partial charge < -0.3 is 0 Å². The minimum absolute atomic E-state index is 1.23. The molecule has 0 fully saturated rings. The van der Waals surface area contributed by atoms with Crippen LogP contribution in [0.25, 0.3) is 120 Å². The summed E-state index contributed by atoms with van der Waals surface area (Å²) in [5, 5.41) is 17.8. The number of fused-ring (bicyclic) bond motifs is 7. The molecule has 0 bridgehead atoms. The largest absolute Gasteiger partial charge is 0.0616 e. The molecule has 0 nitrogen and oxygen atoms in total. The summed E-state index contributed by atoms with van der Waals surface area (Å²) in [4.78, 5) is 0. The molecule has 0 atom stereocenters. The van der Waals surface area contributed by atoms with Crippen LogP contribution in [0.3, 0.4) is 0 Å². The molecule has 0 heterocycles. The molecule has 274 valence electrons. The zero-order valence-electron chi connectivity index (χ0n) is 32.7. The van der Waals surface area contributed by atoms with Crippen LogP contribution in [0.15, 0.2) is 212 Å². The van der Waals surface area contributed by atoms with Gasteiger partial charge in [-0.25, -0.2) is 0 Å². The Balaban J connectivity index is 0.986. The molecule has 59 heavy (non-hydrogen) atoms. The van der Waals surface area contributed by atoms with E-state index in [-0.39, 0.29) is 0 Å². The van der Waals surface area contributed by atoms with Gasteiger partial charge in [0, 0.05) is 0 Å². The van der Waals surface area contributed by atoms with Crippen molar-refractivity contribution in [2.45, 2.75) is 6.92 Å². The van der Waals surface area contributed by atoms with Crippen LogP contribution in [-0.4, -0.2) is 0 Å². The van der Waals surface area contributed by atoms with Gasteiger partial charge in [0.25, 0.3) is 0 Å². The first-order chi connectivity index (χ1) is 29.2. The Morgan fingerprint density at radius 2 is 0.441 bits per heavy atom. The summed E-state index contributed by atoms with van der Waals surface area (Å²) in [7, 11) is 0. The van der Waals surface area contributed by atoms with Crippen molar-refractivity contribution >= 4 is 75.4 Å². The minimum Gasteiger partial charge on any atom is -0.0616 e. The number of aryl methyl sites for hydroxylation is 1. The summed E-state index contributed by atoms with van der Waals surface area (Å²) >= 11 is 0. The Hall–Kier alpha value is -7.54. The predicted octanol–water partition coefficient (Wildman–Crippen LogP) is 16.7. The molecule has 0 saturated carbocycles. The number of benzene rings is 12. The fraction of sp³-hybridized carbons (Fsp3) is 0.0169. The molecule has 0 saturated heterocycles. The molecule has 12 rings (SSSR count). The number of hydrogen-bond donors (Lipinski definition) is 0. The van der Waals surface area contributed by atoms with Crippen LogP contribution in [-0.2, 0) is 0 Å². The molecule has 0 heteroatoms. The molecule has 0 amide bonds. The average molecular weight is 747 g/mol. The normalized spacial score (nSPS) is 11.8. The highest BCUT2D eigenvalue weighted by Crippen LogP contribution is 2.46. The van der Waals surface area contributed by atoms with Crippen molar-refractivity contribution in [3.8, 4) is 44.5 Å². The van der Waals surface area contributed by atoms with Gasteiger partial charge in [-0.2, -0.15) is 0 Å². The van der Waals surface area contributed by atoms with Gasteiger partial charge in [0.05, 0.1) is 0 Å². The highest BCUT2D eigenvalue weighted by Gasteiger charge is 2.18. The second kappa shape index (κ2) is 13.3. The van der Waals surface area contributed by atoms with Gasteiger partial charge in [-0.05, 0) is 163 Å². The molecular weight excluding hydrogens is 709 g/mol. The third kappa shape index (κ3) is 5.38. The highest BCUT2D eigenvalue weighted by atomic mass is 14.2. The molecule has 12 aromatic carbocycles. The topological polar surface area (TPSA) is 0 Å². The van der Waals surface area contributed by atoms with Crippen LogP contribution in [0.4, 0.5) is 0 Å². The van der Waals surface area contributed by atoms with E-state index in [0.717, 1.165) is 0 Å². The van der Waals surface area contributed by atoms with Gasteiger partial charge in [0.2, 0.25) is 0 Å². The first-order valence-electron chi connectivity index (χ1n) is 20.6. The zero-order valence-corrected chi connectivity index (χ0v) is 32.7. The second-order valence-electron chi connectivity index (χ2n) is 16.0. The third-order valence-electron chi connectivity index (χ3n) is 12.8. The summed E-state index contributed by atoms with van der Waals surface area (Å²) in [6, 6.07) is 78.9. The van der Waals surface area contributed by atoms with Crippen molar-refractivity contribution < 1.29 is 0 Å². The number of hydrogen-bond acceptors (Lipinski definition) is 0. The van der Waals surface area contributed by atoms with Crippen molar-refractivity contribution in [2.75, 3.05) is 0 Å². The van der Waals surface area contributed by atoms with Crippen molar-refractivity contribution in [2.24, 2.45) is 0 Å². The second-order valence-corrected chi connectivity index (χ2v) is 16.0. The van der Waals surface area contributed by atoms with Crippen LogP contribution in [0, 0.1) is 6.92 Å². The smallest absolute Gasteiger partial charge is 0.00262 e. The molecule has 0 N–H and O–H groups in total. The lowest BCUT2D eigenvalue weighted by atomic mass is 9.85. The van der Waals surface area contributed by atoms with Gasteiger partial charge in [-0.1, -0.05) is 182 Å². The van der Waals surface area contributed by atoms with Gasteiger partial charge in [0.1, 0.15) is 0 Å². The first kappa shape index (κ1) is 33.6. The van der Waals surface area contributed by atoms with E-state index in [1.807, 2.05) is 0 Å². The van der Waals surface area contributed by atoms with E-state index >= 15 is 0 Å². The Bertz CT molecular complexity index is 3560. The van der Waals surface area contributed by atoms with Crippen LogP contribution < -0.4 is 0 Å².